The zero-order valence-electron chi connectivity index (χ0n) is 19.5. The van der Waals surface area contributed by atoms with Crippen molar-refractivity contribution in [2.45, 2.75) is 44.7 Å². The molecule has 188 valence electrons. The van der Waals surface area contributed by atoms with E-state index < -0.39 is 29.9 Å². The maximum atomic E-state index is 13.6. The van der Waals surface area contributed by atoms with Gasteiger partial charge in [-0.3, -0.25) is 14.5 Å². The molecule has 8 nitrogen and oxygen atoms in total. The lowest BCUT2D eigenvalue weighted by molar-refractivity contribution is -0.125. The second-order valence-corrected chi connectivity index (χ2v) is 8.60. The first-order valence-electron chi connectivity index (χ1n) is 11.5. The fourth-order valence-corrected chi connectivity index (χ4v) is 3.80. The van der Waals surface area contributed by atoms with Crippen molar-refractivity contribution < 1.29 is 28.2 Å². The third-order valence-electron chi connectivity index (χ3n) is 5.51. The number of unbranched alkanes of at least 4 members (excludes halogenated alkanes) is 1. The highest BCUT2D eigenvalue weighted by atomic mass is 35.5. The van der Waals surface area contributed by atoms with E-state index >= 15 is 0 Å². The molecule has 10 heteroatoms. The molecule has 3 amide bonds. The van der Waals surface area contributed by atoms with Crippen LogP contribution in [0.15, 0.2) is 48.5 Å². The van der Waals surface area contributed by atoms with Crippen LogP contribution in [0.4, 0.5) is 14.9 Å². The lowest BCUT2D eigenvalue weighted by Gasteiger charge is -2.38. The van der Waals surface area contributed by atoms with Crippen molar-refractivity contribution in [3.63, 3.8) is 0 Å². The summed E-state index contributed by atoms with van der Waals surface area (Å²) in [6, 6.07) is 11.8. The molecule has 1 aliphatic rings. The summed E-state index contributed by atoms with van der Waals surface area (Å²) in [4.78, 5) is 39.5. The third kappa shape index (κ3) is 7.85. The van der Waals surface area contributed by atoms with E-state index in [-0.39, 0.29) is 36.4 Å². The number of hydrogen-bond donors (Lipinski definition) is 2. The number of halogens is 2. The lowest BCUT2D eigenvalue weighted by atomic mass is 9.97. The number of rotatable bonds is 9. The summed E-state index contributed by atoms with van der Waals surface area (Å²) in [6.45, 7) is 2.01. The van der Waals surface area contributed by atoms with E-state index in [1.54, 1.807) is 24.3 Å². The Hall–Kier alpha value is -3.33. The number of anilines is 1. The molecule has 2 aromatic carbocycles. The zero-order valence-corrected chi connectivity index (χ0v) is 20.2. The molecular formula is C25H29ClFN3O5. The van der Waals surface area contributed by atoms with E-state index in [1.165, 1.54) is 17.0 Å². The quantitative estimate of drug-likeness (QED) is 0.493. The summed E-state index contributed by atoms with van der Waals surface area (Å²) in [5, 5.41) is 5.60. The van der Waals surface area contributed by atoms with Crippen LogP contribution in [0.3, 0.4) is 0 Å². The van der Waals surface area contributed by atoms with Crippen molar-refractivity contribution in [2.75, 3.05) is 25.1 Å². The summed E-state index contributed by atoms with van der Waals surface area (Å²) in [6.07, 6.45) is 1.80. The first-order valence-corrected chi connectivity index (χ1v) is 11.9. The summed E-state index contributed by atoms with van der Waals surface area (Å²) >= 11 is 5.65. The van der Waals surface area contributed by atoms with Crippen LogP contribution in [0.2, 0.25) is 5.02 Å². The Bertz CT molecular complexity index is 1020. The Kier molecular flexibility index (Phi) is 9.72. The maximum absolute atomic E-state index is 13.6. The van der Waals surface area contributed by atoms with Crippen molar-refractivity contribution >= 4 is 35.2 Å². The predicted octanol–water partition coefficient (Wildman–Crippen LogP) is 4.38. The number of likely N-dealkylation sites (tertiary alicyclic amines) is 1. The van der Waals surface area contributed by atoms with E-state index in [9.17, 15) is 18.8 Å². The molecule has 0 aromatic heterocycles. The average Bonchev–Trinajstić information content (AvgIpc) is 2.85. The average molecular weight is 506 g/mol. The molecule has 1 saturated heterocycles. The number of ether oxygens (including phenoxy) is 2. The van der Waals surface area contributed by atoms with Crippen molar-refractivity contribution in [2.24, 2.45) is 0 Å². The Morgan fingerprint density at radius 1 is 1.14 bits per heavy atom. The van der Waals surface area contributed by atoms with Gasteiger partial charge in [-0.25, -0.2) is 9.18 Å². The highest BCUT2D eigenvalue weighted by molar-refractivity contribution is 6.30. The number of carbonyl (C=O) groups is 3. The van der Waals surface area contributed by atoms with Crippen LogP contribution in [0.5, 0.6) is 5.75 Å². The molecule has 1 heterocycles. The number of amides is 3. The molecule has 0 bridgehead atoms. The summed E-state index contributed by atoms with van der Waals surface area (Å²) in [5.41, 5.74) is 0.628. The van der Waals surface area contributed by atoms with Gasteiger partial charge in [-0.15, -0.1) is 0 Å². The Morgan fingerprint density at radius 3 is 2.63 bits per heavy atom. The molecule has 0 spiro atoms. The van der Waals surface area contributed by atoms with E-state index in [2.05, 4.69) is 10.6 Å². The Morgan fingerprint density at radius 2 is 1.91 bits per heavy atom. The predicted molar refractivity (Wildman–Crippen MR) is 130 cm³/mol. The number of hydrogen-bond acceptors (Lipinski definition) is 5. The number of nitrogens with zero attached hydrogens (tertiary/aromatic N) is 1. The number of carbonyl (C=O) groups excluding carboxylic acids is 3. The number of nitrogens with one attached hydrogen (secondary N) is 2. The van der Waals surface area contributed by atoms with Gasteiger partial charge in [-0.05, 0) is 43.5 Å². The molecule has 0 unspecified atom stereocenters. The van der Waals surface area contributed by atoms with E-state index in [0.717, 1.165) is 12.5 Å². The first-order chi connectivity index (χ1) is 16.9. The van der Waals surface area contributed by atoms with Crippen LogP contribution in [-0.4, -0.2) is 54.6 Å². The standard InChI is InChI=1S/C25H29ClFN3O5/c1-2-3-13-34-25(33)30-15-18(9-12-22(30)24(32)29-17-7-5-4-6-8-17)28-23(31)16-35-19-10-11-20(26)21(27)14-19/h4-8,10-11,14,18,22H,2-3,9,12-13,15-16H2,1H3,(H,28,31)(H,29,32)/t18-,22+/m0/s1. The first kappa shape index (κ1) is 26.3. The van der Waals surface area contributed by atoms with Gasteiger partial charge >= 0.3 is 6.09 Å². The second kappa shape index (κ2) is 12.9. The molecule has 2 aromatic rings. The van der Waals surface area contributed by atoms with Gasteiger partial charge in [0, 0.05) is 24.3 Å². The summed E-state index contributed by atoms with van der Waals surface area (Å²) in [5.74, 6) is -1.23. The SMILES string of the molecule is CCCCOC(=O)N1C[C@@H](NC(=O)COc2ccc(Cl)c(F)c2)CC[C@@H]1C(=O)Nc1ccccc1. The van der Waals surface area contributed by atoms with Crippen LogP contribution >= 0.6 is 11.6 Å². The molecule has 0 aliphatic carbocycles. The largest absolute Gasteiger partial charge is 0.484 e. The van der Waals surface area contributed by atoms with E-state index in [1.807, 2.05) is 13.0 Å². The van der Waals surface area contributed by atoms with Crippen LogP contribution < -0.4 is 15.4 Å². The highest BCUT2D eigenvalue weighted by Crippen LogP contribution is 2.22. The van der Waals surface area contributed by atoms with Gasteiger partial charge in [0.2, 0.25) is 5.91 Å². The number of benzene rings is 2. The van der Waals surface area contributed by atoms with Gasteiger partial charge in [0.25, 0.3) is 5.91 Å². The third-order valence-corrected chi connectivity index (χ3v) is 5.82. The zero-order chi connectivity index (χ0) is 25.2. The molecule has 0 saturated carbocycles. The van der Waals surface area contributed by atoms with Crippen molar-refractivity contribution in [3.05, 3.63) is 59.4 Å². The van der Waals surface area contributed by atoms with Gasteiger partial charge in [0.1, 0.15) is 17.6 Å². The minimum Gasteiger partial charge on any atom is -0.484 e. The Labute approximate surface area is 208 Å². The van der Waals surface area contributed by atoms with Crippen LogP contribution in [-0.2, 0) is 14.3 Å². The minimum atomic E-state index is -0.731. The van der Waals surface area contributed by atoms with Gasteiger partial charge in [-0.1, -0.05) is 43.1 Å². The number of para-hydroxylation sites is 1. The molecule has 1 aliphatic heterocycles. The van der Waals surface area contributed by atoms with Gasteiger partial charge in [0.15, 0.2) is 6.61 Å². The molecule has 1 fully saturated rings. The Balaban J connectivity index is 1.59. The number of piperidine rings is 1. The summed E-state index contributed by atoms with van der Waals surface area (Å²) < 4.78 is 24.2. The lowest BCUT2D eigenvalue weighted by Crippen LogP contribution is -2.57. The fourth-order valence-electron chi connectivity index (χ4n) is 3.68. The van der Waals surface area contributed by atoms with Gasteiger partial charge in [0.05, 0.1) is 11.6 Å². The van der Waals surface area contributed by atoms with Crippen molar-refractivity contribution in [1.29, 1.82) is 0 Å². The van der Waals surface area contributed by atoms with E-state index in [0.29, 0.717) is 24.9 Å². The van der Waals surface area contributed by atoms with Crippen LogP contribution in [0.25, 0.3) is 0 Å². The highest BCUT2D eigenvalue weighted by Gasteiger charge is 2.37. The monoisotopic (exact) mass is 505 g/mol. The topological polar surface area (TPSA) is 97.0 Å². The normalized spacial score (nSPS) is 17.4. The molecule has 0 radical (unpaired) electrons. The van der Waals surface area contributed by atoms with Crippen LogP contribution in [0.1, 0.15) is 32.6 Å². The molecule has 2 atom stereocenters. The smallest absolute Gasteiger partial charge is 0.410 e. The molecule has 2 N–H and O–H groups in total. The molecule has 35 heavy (non-hydrogen) atoms. The molecular weight excluding hydrogens is 477 g/mol. The second-order valence-electron chi connectivity index (χ2n) is 8.20. The van der Waals surface area contributed by atoms with Gasteiger partial charge < -0.3 is 20.1 Å². The van der Waals surface area contributed by atoms with Gasteiger partial charge in [-0.2, -0.15) is 0 Å². The van der Waals surface area contributed by atoms with Crippen molar-refractivity contribution in [1.82, 2.24) is 10.2 Å². The van der Waals surface area contributed by atoms with E-state index in [4.69, 9.17) is 21.1 Å². The van der Waals surface area contributed by atoms with Crippen LogP contribution in [0, 0.1) is 5.82 Å². The maximum Gasteiger partial charge on any atom is 0.410 e. The fraction of sp³-hybridized carbons (Fsp3) is 0.400. The summed E-state index contributed by atoms with van der Waals surface area (Å²) in [7, 11) is 0. The molecule has 3 rings (SSSR count). The minimum absolute atomic E-state index is 0.0409. The van der Waals surface area contributed by atoms with Crippen molar-refractivity contribution in [3.8, 4) is 5.75 Å².